The lowest BCUT2D eigenvalue weighted by Gasteiger charge is -2.18. The van der Waals surface area contributed by atoms with Gasteiger partial charge >= 0.3 is 0 Å². The quantitative estimate of drug-likeness (QED) is 0.889. The van der Waals surface area contributed by atoms with Crippen LogP contribution in [-0.4, -0.2) is 25.1 Å². The Kier molecular flexibility index (Phi) is 4.28. The Labute approximate surface area is 115 Å². The maximum atomic E-state index is 4.87. The van der Waals surface area contributed by atoms with Crippen molar-refractivity contribution in [3.05, 3.63) is 10.6 Å². The topological polar surface area (TPSA) is 28.2 Å². The van der Waals surface area contributed by atoms with E-state index in [-0.39, 0.29) is 0 Å². The molecular formula is C14H25N3S. The van der Waals surface area contributed by atoms with Crippen LogP contribution in [0.3, 0.4) is 0 Å². The third-order valence-electron chi connectivity index (χ3n) is 3.54. The number of nitrogens with zero attached hydrogens (tertiary/aromatic N) is 2. The molecular weight excluding hydrogens is 242 g/mol. The Balaban J connectivity index is 2.16. The van der Waals surface area contributed by atoms with Crippen LogP contribution in [0.1, 0.15) is 44.2 Å². The summed E-state index contributed by atoms with van der Waals surface area (Å²) in [5, 5.41) is 4.49. The Morgan fingerprint density at radius 1 is 1.44 bits per heavy atom. The fourth-order valence-corrected chi connectivity index (χ4v) is 3.65. The molecule has 1 aromatic heterocycles. The molecule has 3 nitrogen and oxygen atoms in total. The van der Waals surface area contributed by atoms with E-state index in [2.05, 4.69) is 31.0 Å². The van der Waals surface area contributed by atoms with E-state index in [1.165, 1.54) is 28.5 Å². The van der Waals surface area contributed by atoms with E-state index in [1.807, 2.05) is 18.4 Å². The van der Waals surface area contributed by atoms with Crippen LogP contribution in [0.25, 0.3) is 0 Å². The van der Waals surface area contributed by atoms with Crippen molar-refractivity contribution in [2.45, 2.75) is 46.6 Å². The minimum Gasteiger partial charge on any atom is -0.348 e. The van der Waals surface area contributed by atoms with Crippen LogP contribution in [0.15, 0.2) is 0 Å². The lowest BCUT2D eigenvalue weighted by Crippen LogP contribution is -2.22. The summed E-state index contributed by atoms with van der Waals surface area (Å²) in [6.45, 7) is 10.2. The molecule has 0 aliphatic carbocycles. The van der Waals surface area contributed by atoms with Gasteiger partial charge in [-0.15, -0.1) is 11.3 Å². The van der Waals surface area contributed by atoms with E-state index in [9.17, 15) is 0 Å². The molecule has 1 N–H and O–H groups in total. The second kappa shape index (κ2) is 5.57. The van der Waals surface area contributed by atoms with Crippen molar-refractivity contribution in [1.82, 2.24) is 10.3 Å². The highest BCUT2D eigenvalue weighted by atomic mass is 32.1. The minimum atomic E-state index is 0.444. The zero-order chi connectivity index (χ0) is 13.2. The van der Waals surface area contributed by atoms with Crippen molar-refractivity contribution >= 4 is 16.5 Å². The van der Waals surface area contributed by atoms with Crippen molar-refractivity contribution in [3.63, 3.8) is 0 Å². The molecule has 2 rings (SSSR count). The average molecular weight is 267 g/mol. The first-order valence-corrected chi connectivity index (χ1v) is 7.75. The van der Waals surface area contributed by atoms with Gasteiger partial charge in [0.05, 0.1) is 5.69 Å². The second-order valence-electron chi connectivity index (χ2n) is 5.98. The Bertz CT molecular complexity index is 374. The fourth-order valence-electron chi connectivity index (χ4n) is 2.51. The molecule has 0 saturated carbocycles. The van der Waals surface area contributed by atoms with E-state index in [0.717, 1.165) is 26.1 Å². The number of hydrogen-bond donors (Lipinski definition) is 1. The van der Waals surface area contributed by atoms with Crippen LogP contribution in [-0.2, 0) is 13.0 Å². The normalized spacial score (nSPS) is 18.6. The van der Waals surface area contributed by atoms with Gasteiger partial charge in [0, 0.05) is 24.5 Å². The van der Waals surface area contributed by atoms with Crippen molar-refractivity contribution < 1.29 is 0 Å². The molecule has 0 unspecified atom stereocenters. The smallest absolute Gasteiger partial charge is 0.185 e. The predicted molar refractivity (Wildman–Crippen MR) is 79.5 cm³/mol. The summed E-state index contributed by atoms with van der Waals surface area (Å²) in [4.78, 5) is 8.75. The molecule has 1 aliphatic rings. The molecule has 0 spiro atoms. The van der Waals surface area contributed by atoms with Gasteiger partial charge in [-0.25, -0.2) is 4.98 Å². The van der Waals surface area contributed by atoms with Crippen LogP contribution in [0, 0.1) is 5.41 Å². The molecule has 0 aromatic carbocycles. The zero-order valence-corrected chi connectivity index (χ0v) is 12.9. The molecule has 102 valence electrons. The van der Waals surface area contributed by atoms with Crippen LogP contribution in [0.2, 0.25) is 0 Å². The monoisotopic (exact) mass is 267 g/mol. The fraction of sp³-hybridized carbons (Fsp3) is 0.786. The standard InChI is InChI=1S/C14H25N3S/c1-5-6-11-12(9-15-4)18-13(16-11)17-8-7-14(2,3)10-17/h15H,5-10H2,1-4H3. The first-order valence-electron chi connectivity index (χ1n) is 6.94. The van der Waals surface area contributed by atoms with Gasteiger partial charge in [-0.05, 0) is 25.3 Å². The number of aromatic nitrogens is 1. The van der Waals surface area contributed by atoms with E-state index < -0.39 is 0 Å². The minimum absolute atomic E-state index is 0.444. The third kappa shape index (κ3) is 3.04. The lowest BCUT2D eigenvalue weighted by molar-refractivity contribution is 0.418. The Morgan fingerprint density at radius 3 is 2.78 bits per heavy atom. The summed E-state index contributed by atoms with van der Waals surface area (Å²) in [6, 6.07) is 0. The van der Waals surface area contributed by atoms with Crippen molar-refractivity contribution in [2.24, 2.45) is 5.41 Å². The van der Waals surface area contributed by atoms with Gasteiger partial charge in [-0.1, -0.05) is 27.2 Å². The first kappa shape index (κ1) is 13.8. The summed E-state index contributed by atoms with van der Waals surface area (Å²) in [5.41, 5.74) is 1.75. The number of thiazole rings is 1. The first-order chi connectivity index (χ1) is 8.55. The summed E-state index contributed by atoms with van der Waals surface area (Å²) in [7, 11) is 2.01. The molecule has 18 heavy (non-hydrogen) atoms. The summed E-state index contributed by atoms with van der Waals surface area (Å²) < 4.78 is 0. The van der Waals surface area contributed by atoms with Crippen molar-refractivity contribution in [1.29, 1.82) is 0 Å². The highest BCUT2D eigenvalue weighted by Gasteiger charge is 2.31. The molecule has 0 radical (unpaired) electrons. The second-order valence-corrected chi connectivity index (χ2v) is 7.04. The molecule has 1 aliphatic heterocycles. The number of rotatable bonds is 5. The van der Waals surface area contributed by atoms with Crippen LogP contribution >= 0.6 is 11.3 Å². The molecule has 0 bridgehead atoms. The molecule has 1 aromatic rings. The molecule has 0 atom stereocenters. The number of hydrogen-bond acceptors (Lipinski definition) is 4. The number of aryl methyl sites for hydroxylation is 1. The highest BCUT2D eigenvalue weighted by molar-refractivity contribution is 7.15. The van der Waals surface area contributed by atoms with Gasteiger partial charge in [0.2, 0.25) is 0 Å². The predicted octanol–water partition coefficient (Wildman–Crippen LogP) is 3.05. The molecule has 4 heteroatoms. The molecule has 1 saturated heterocycles. The number of nitrogens with one attached hydrogen (secondary N) is 1. The summed E-state index contributed by atoms with van der Waals surface area (Å²) in [6.07, 6.45) is 3.55. The van der Waals surface area contributed by atoms with E-state index >= 15 is 0 Å². The zero-order valence-electron chi connectivity index (χ0n) is 12.0. The Hall–Kier alpha value is -0.610. The van der Waals surface area contributed by atoms with Gasteiger partial charge in [0.15, 0.2) is 5.13 Å². The number of anilines is 1. The maximum Gasteiger partial charge on any atom is 0.185 e. The van der Waals surface area contributed by atoms with Gasteiger partial charge in [-0.2, -0.15) is 0 Å². The van der Waals surface area contributed by atoms with E-state index in [4.69, 9.17) is 4.98 Å². The maximum absolute atomic E-state index is 4.87. The molecule has 2 heterocycles. The van der Waals surface area contributed by atoms with Gasteiger partial charge in [0.1, 0.15) is 0 Å². The summed E-state index contributed by atoms with van der Waals surface area (Å²) in [5.74, 6) is 0. The van der Waals surface area contributed by atoms with Crippen molar-refractivity contribution in [2.75, 3.05) is 25.0 Å². The van der Waals surface area contributed by atoms with Crippen LogP contribution in [0.5, 0.6) is 0 Å². The average Bonchev–Trinajstić information content (AvgIpc) is 2.84. The molecule has 1 fully saturated rings. The van der Waals surface area contributed by atoms with Gasteiger partial charge < -0.3 is 10.2 Å². The largest absolute Gasteiger partial charge is 0.348 e. The third-order valence-corrected chi connectivity index (χ3v) is 4.70. The summed E-state index contributed by atoms with van der Waals surface area (Å²) >= 11 is 1.87. The van der Waals surface area contributed by atoms with Crippen LogP contribution < -0.4 is 10.2 Å². The van der Waals surface area contributed by atoms with E-state index in [1.54, 1.807) is 0 Å². The lowest BCUT2D eigenvalue weighted by atomic mass is 9.93. The Morgan fingerprint density at radius 2 is 2.22 bits per heavy atom. The SMILES string of the molecule is CCCc1nc(N2CCC(C)(C)C2)sc1CNC. The van der Waals surface area contributed by atoms with Crippen molar-refractivity contribution in [3.8, 4) is 0 Å². The van der Waals surface area contributed by atoms with Gasteiger partial charge in [-0.3, -0.25) is 0 Å². The van der Waals surface area contributed by atoms with Crippen LogP contribution in [0.4, 0.5) is 5.13 Å². The molecule has 0 amide bonds. The van der Waals surface area contributed by atoms with Gasteiger partial charge in [0.25, 0.3) is 0 Å². The van der Waals surface area contributed by atoms with E-state index in [0.29, 0.717) is 5.41 Å². The highest BCUT2D eigenvalue weighted by Crippen LogP contribution is 2.35.